The van der Waals surface area contributed by atoms with Crippen molar-refractivity contribution in [2.24, 2.45) is 11.7 Å². The molecule has 3 fully saturated rings. The molecule has 98 valence electrons. The summed E-state index contributed by atoms with van der Waals surface area (Å²) in [5, 5.41) is 0. The molecule has 2 nitrogen and oxygen atoms in total. The summed E-state index contributed by atoms with van der Waals surface area (Å²) in [5.41, 5.74) is 6.57. The summed E-state index contributed by atoms with van der Waals surface area (Å²) in [6, 6.07) is 0.888. The Labute approximate surface area is 106 Å². The molecule has 2 N–H and O–H groups in total. The minimum Gasteiger partial charge on any atom is -0.329 e. The van der Waals surface area contributed by atoms with E-state index < -0.39 is 0 Å². The second-order valence-electron chi connectivity index (χ2n) is 6.58. The van der Waals surface area contributed by atoms with Gasteiger partial charge < -0.3 is 5.73 Å². The molecule has 0 aromatic carbocycles. The van der Waals surface area contributed by atoms with E-state index >= 15 is 0 Å². The van der Waals surface area contributed by atoms with Crippen molar-refractivity contribution < 1.29 is 0 Å². The summed E-state index contributed by atoms with van der Waals surface area (Å²) in [7, 11) is 0. The summed E-state index contributed by atoms with van der Waals surface area (Å²) >= 11 is 0. The lowest BCUT2D eigenvalue weighted by molar-refractivity contribution is 0.0580. The smallest absolute Gasteiger partial charge is 0.0334 e. The highest BCUT2D eigenvalue weighted by Crippen LogP contribution is 2.43. The molecule has 3 aliphatic rings. The molecule has 1 atom stereocenters. The molecule has 1 unspecified atom stereocenters. The van der Waals surface area contributed by atoms with Crippen molar-refractivity contribution in [2.75, 3.05) is 13.1 Å². The van der Waals surface area contributed by atoms with Gasteiger partial charge in [-0.1, -0.05) is 25.7 Å². The fourth-order valence-corrected chi connectivity index (χ4v) is 4.86. The zero-order valence-corrected chi connectivity index (χ0v) is 11.2. The van der Waals surface area contributed by atoms with E-state index in [2.05, 4.69) is 4.90 Å². The predicted octanol–water partition coefficient (Wildman–Crippen LogP) is 2.91. The molecule has 0 aromatic rings. The maximum atomic E-state index is 6.17. The molecule has 2 heteroatoms. The Bertz CT molecular complexity index is 252. The fourth-order valence-electron chi connectivity index (χ4n) is 4.86. The topological polar surface area (TPSA) is 29.3 Å². The third-order valence-corrected chi connectivity index (χ3v) is 5.77. The molecule has 1 heterocycles. The summed E-state index contributed by atoms with van der Waals surface area (Å²) in [4.78, 5) is 2.87. The van der Waals surface area contributed by atoms with Gasteiger partial charge in [-0.25, -0.2) is 0 Å². The predicted molar refractivity (Wildman–Crippen MR) is 71.9 cm³/mol. The van der Waals surface area contributed by atoms with Crippen molar-refractivity contribution in [1.82, 2.24) is 4.90 Å². The molecular weight excluding hydrogens is 208 g/mol. The van der Waals surface area contributed by atoms with E-state index in [1.165, 1.54) is 70.8 Å². The number of rotatable bonds is 3. The average molecular weight is 236 g/mol. The Morgan fingerprint density at radius 2 is 1.65 bits per heavy atom. The van der Waals surface area contributed by atoms with Crippen molar-refractivity contribution in [3.63, 3.8) is 0 Å². The molecule has 1 saturated heterocycles. The highest BCUT2D eigenvalue weighted by molar-refractivity contribution is 5.02. The van der Waals surface area contributed by atoms with Crippen LogP contribution in [0.3, 0.4) is 0 Å². The molecular formula is C15H28N2. The van der Waals surface area contributed by atoms with Crippen molar-refractivity contribution in [1.29, 1.82) is 0 Å². The van der Waals surface area contributed by atoms with Gasteiger partial charge in [-0.2, -0.15) is 0 Å². The van der Waals surface area contributed by atoms with Gasteiger partial charge in [-0.05, 0) is 51.0 Å². The molecule has 2 saturated carbocycles. The van der Waals surface area contributed by atoms with Crippen LogP contribution in [0.25, 0.3) is 0 Å². The van der Waals surface area contributed by atoms with Crippen molar-refractivity contribution in [3.05, 3.63) is 0 Å². The summed E-state index contributed by atoms with van der Waals surface area (Å²) in [6.45, 7) is 2.23. The number of likely N-dealkylation sites (tertiary alicyclic amines) is 1. The fraction of sp³-hybridized carbons (Fsp3) is 1.00. The van der Waals surface area contributed by atoms with Gasteiger partial charge >= 0.3 is 0 Å². The van der Waals surface area contributed by atoms with Gasteiger partial charge in [0.1, 0.15) is 0 Å². The lowest BCUT2D eigenvalue weighted by Crippen LogP contribution is -2.55. The second-order valence-corrected chi connectivity index (χ2v) is 6.58. The van der Waals surface area contributed by atoms with Crippen LogP contribution in [0.1, 0.15) is 64.2 Å². The van der Waals surface area contributed by atoms with Gasteiger partial charge in [-0.3, -0.25) is 4.90 Å². The van der Waals surface area contributed by atoms with Crippen LogP contribution in [0, 0.1) is 5.92 Å². The van der Waals surface area contributed by atoms with Crippen LogP contribution >= 0.6 is 0 Å². The van der Waals surface area contributed by atoms with Crippen LogP contribution in [-0.2, 0) is 0 Å². The van der Waals surface area contributed by atoms with E-state index in [-0.39, 0.29) is 0 Å². The van der Waals surface area contributed by atoms with Gasteiger partial charge in [0.15, 0.2) is 0 Å². The maximum Gasteiger partial charge on any atom is 0.0334 e. The second kappa shape index (κ2) is 4.89. The maximum absolute atomic E-state index is 6.17. The number of hydrogen-bond donors (Lipinski definition) is 1. The van der Waals surface area contributed by atoms with Crippen molar-refractivity contribution >= 4 is 0 Å². The first-order valence-electron chi connectivity index (χ1n) is 7.83. The van der Waals surface area contributed by atoms with E-state index in [1.54, 1.807) is 0 Å². The van der Waals surface area contributed by atoms with Crippen LogP contribution in [0.4, 0.5) is 0 Å². The van der Waals surface area contributed by atoms with Gasteiger partial charge in [0.2, 0.25) is 0 Å². The Morgan fingerprint density at radius 1 is 0.941 bits per heavy atom. The number of hydrogen-bond acceptors (Lipinski definition) is 2. The Hall–Kier alpha value is -0.0800. The van der Waals surface area contributed by atoms with E-state index in [4.69, 9.17) is 5.73 Å². The summed E-state index contributed by atoms with van der Waals surface area (Å²) < 4.78 is 0. The monoisotopic (exact) mass is 236 g/mol. The third-order valence-electron chi connectivity index (χ3n) is 5.77. The van der Waals surface area contributed by atoms with Crippen molar-refractivity contribution in [3.8, 4) is 0 Å². The third kappa shape index (κ3) is 2.04. The SMILES string of the molecule is NCC1(N2CCCC2C2CCCC2)CCCC1. The number of nitrogens with zero attached hydrogens (tertiary/aromatic N) is 1. The molecule has 2 aliphatic carbocycles. The minimum absolute atomic E-state index is 0.407. The first-order valence-corrected chi connectivity index (χ1v) is 7.83. The van der Waals surface area contributed by atoms with Gasteiger partial charge in [0.05, 0.1) is 0 Å². The molecule has 0 spiro atoms. The Balaban J connectivity index is 1.75. The molecule has 17 heavy (non-hydrogen) atoms. The van der Waals surface area contributed by atoms with E-state index in [9.17, 15) is 0 Å². The molecule has 0 amide bonds. The molecule has 0 aromatic heterocycles. The van der Waals surface area contributed by atoms with Crippen molar-refractivity contribution in [2.45, 2.75) is 75.8 Å². The lowest BCUT2D eigenvalue weighted by Gasteiger charge is -2.44. The van der Waals surface area contributed by atoms with Gasteiger partial charge in [0, 0.05) is 18.1 Å². The largest absolute Gasteiger partial charge is 0.329 e. The Morgan fingerprint density at radius 3 is 2.29 bits per heavy atom. The van der Waals surface area contributed by atoms with Crippen LogP contribution in [0.15, 0.2) is 0 Å². The van der Waals surface area contributed by atoms with E-state index in [0.29, 0.717) is 5.54 Å². The van der Waals surface area contributed by atoms with Crippen LogP contribution < -0.4 is 5.73 Å². The molecule has 0 radical (unpaired) electrons. The standard InChI is InChI=1S/C15H28N2/c16-12-15(9-3-4-10-15)17-11-5-8-14(17)13-6-1-2-7-13/h13-14H,1-12,16H2. The molecule has 1 aliphatic heterocycles. The zero-order chi connectivity index (χ0) is 11.7. The average Bonchev–Trinajstić information content (AvgIpc) is 3.10. The van der Waals surface area contributed by atoms with Crippen LogP contribution in [0.5, 0.6) is 0 Å². The summed E-state index contributed by atoms with van der Waals surface area (Å²) in [6.07, 6.45) is 14.4. The van der Waals surface area contributed by atoms with E-state index in [1.807, 2.05) is 0 Å². The minimum atomic E-state index is 0.407. The normalized spacial score (nSPS) is 34.8. The lowest BCUT2D eigenvalue weighted by atomic mass is 9.89. The summed E-state index contributed by atoms with van der Waals surface area (Å²) in [5.74, 6) is 1.00. The van der Waals surface area contributed by atoms with Gasteiger partial charge in [-0.15, -0.1) is 0 Å². The van der Waals surface area contributed by atoms with Crippen LogP contribution in [0.2, 0.25) is 0 Å². The number of nitrogens with two attached hydrogens (primary N) is 1. The molecule has 0 bridgehead atoms. The first-order chi connectivity index (χ1) is 8.36. The highest BCUT2D eigenvalue weighted by Gasteiger charge is 2.45. The molecule has 3 rings (SSSR count). The van der Waals surface area contributed by atoms with Gasteiger partial charge in [0.25, 0.3) is 0 Å². The van der Waals surface area contributed by atoms with E-state index in [0.717, 1.165) is 18.5 Å². The first kappa shape index (κ1) is 12.0. The zero-order valence-electron chi connectivity index (χ0n) is 11.2. The quantitative estimate of drug-likeness (QED) is 0.816. The Kier molecular flexibility index (Phi) is 3.45. The van der Waals surface area contributed by atoms with Crippen LogP contribution in [-0.4, -0.2) is 29.6 Å². The highest BCUT2D eigenvalue weighted by atomic mass is 15.3.